The van der Waals surface area contributed by atoms with Crippen LogP contribution in [-0.4, -0.2) is 19.3 Å². The Labute approximate surface area is 86.3 Å². The first-order chi connectivity index (χ1) is 6.46. The summed E-state index contributed by atoms with van der Waals surface area (Å²) in [5, 5.41) is -1.64. The molecule has 0 saturated heterocycles. The summed E-state index contributed by atoms with van der Waals surface area (Å²) in [4.78, 5) is 10.4. The maximum absolute atomic E-state index is 10.7. The van der Waals surface area contributed by atoms with Gasteiger partial charge in [0.1, 0.15) is 0 Å². The Bertz CT molecular complexity index is 440. The van der Waals surface area contributed by atoms with Crippen molar-refractivity contribution < 1.29 is 17.8 Å². The molecule has 1 atom stereocenters. The molecule has 1 N–H and O–H groups in total. The topological polar surface area (TPSA) is 71.4 Å². The van der Waals surface area contributed by atoms with Crippen molar-refractivity contribution in [3.63, 3.8) is 0 Å². The average molecular weight is 234 g/mol. The van der Waals surface area contributed by atoms with E-state index in [9.17, 15) is 13.2 Å². The van der Waals surface area contributed by atoms with Gasteiger partial charge in [-0.2, -0.15) is 8.42 Å². The van der Waals surface area contributed by atoms with Gasteiger partial charge in [-0.1, -0.05) is 29.8 Å². The Kier molecular flexibility index (Phi) is 3.25. The summed E-state index contributed by atoms with van der Waals surface area (Å²) in [5.74, 6) is 0. The van der Waals surface area contributed by atoms with Gasteiger partial charge in [0.15, 0.2) is 5.25 Å². The third-order valence-electron chi connectivity index (χ3n) is 1.59. The van der Waals surface area contributed by atoms with Crippen molar-refractivity contribution in [3.05, 3.63) is 34.9 Å². The summed E-state index contributed by atoms with van der Waals surface area (Å²) in [6.07, 6.45) is 1.23. The lowest BCUT2D eigenvalue weighted by Crippen LogP contribution is -2.13. The maximum Gasteiger partial charge on any atom is 0.279 e. The summed E-state index contributed by atoms with van der Waals surface area (Å²) in [6, 6.07) is 5.85. The average Bonchev–Trinajstić information content (AvgIpc) is 2.07. The molecule has 0 aliphatic rings. The van der Waals surface area contributed by atoms with Crippen LogP contribution in [0.25, 0.3) is 0 Å². The van der Waals surface area contributed by atoms with Gasteiger partial charge in [0.2, 0.25) is 6.29 Å². The molecule has 14 heavy (non-hydrogen) atoms. The Hall–Kier alpha value is -0.910. The monoisotopic (exact) mass is 233 g/mol. The van der Waals surface area contributed by atoms with Gasteiger partial charge in [-0.25, -0.2) is 0 Å². The van der Waals surface area contributed by atoms with E-state index in [0.29, 0.717) is 0 Å². The zero-order chi connectivity index (χ0) is 10.8. The molecule has 0 aliphatic heterocycles. The first kappa shape index (κ1) is 11.2. The fourth-order valence-electron chi connectivity index (χ4n) is 0.972. The van der Waals surface area contributed by atoms with Crippen molar-refractivity contribution in [2.45, 2.75) is 5.25 Å². The second kappa shape index (κ2) is 4.08. The molecule has 0 amide bonds. The van der Waals surface area contributed by atoms with Crippen LogP contribution in [0.15, 0.2) is 24.3 Å². The lowest BCUT2D eigenvalue weighted by atomic mass is 10.2. The van der Waals surface area contributed by atoms with Gasteiger partial charge < -0.3 is 0 Å². The van der Waals surface area contributed by atoms with Crippen molar-refractivity contribution in [1.82, 2.24) is 0 Å². The lowest BCUT2D eigenvalue weighted by Gasteiger charge is -2.07. The molecule has 6 heteroatoms. The van der Waals surface area contributed by atoms with E-state index < -0.39 is 15.4 Å². The molecule has 1 unspecified atom stereocenters. The molecule has 0 aliphatic carbocycles. The van der Waals surface area contributed by atoms with Gasteiger partial charge in [0.05, 0.1) is 0 Å². The highest BCUT2D eigenvalue weighted by Gasteiger charge is 2.27. The zero-order valence-corrected chi connectivity index (χ0v) is 8.42. The van der Waals surface area contributed by atoms with Crippen molar-refractivity contribution in [3.8, 4) is 0 Å². The predicted octanol–water partition coefficient (Wildman–Crippen LogP) is 1.38. The van der Waals surface area contributed by atoms with Crippen molar-refractivity contribution in [2.24, 2.45) is 0 Å². The van der Waals surface area contributed by atoms with E-state index in [1.54, 1.807) is 6.07 Å². The maximum atomic E-state index is 10.7. The number of hydrogen-bond acceptors (Lipinski definition) is 3. The van der Waals surface area contributed by atoms with E-state index in [-0.39, 0.29) is 10.6 Å². The number of hydrogen-bond donors (Lipinski definition) is 1. The number of benzene rings is 1. The Balaban J connectivity index is 3.28. The third-order valence-corrected chi connectivity index (χ3v) is 2.88. The van der Waals surface area contributed by atoms with Crippen LogP contribution in [0.5, 0.6) is 0 Å². The molecule has 0 fully saturated rings. The molecule has 1 radical (unpaired) electrons. The molecule has 0 bridgehead atoms. The normalized spacial score (nSPS) is 13.6. The van der Waals surface area contributed by atoms with E-state index in [0.717, 1.165) is 0 Å². The van der Waals surface area contributed by atoms with Crippen molar-refractivity contribution in [1.29, 1.82) is 0 Å². The Morgan fingerprint density at radius 2 is 1.93 bits per heavy atom. The van der Waals surface area contributed by atoms with Gasteiger partial charge >= 0.3 is 0 Å². The Morgan fingerprint density at radius 1 is 1.36 bits per heavy atom. The van der Waals surface area contributed by atoms with Crippen LogP contribution >= 0.6 is 11.6 Å². The van der Waals surface area contributed by atoms with Crippen LogP contribution < -0.4 is 0 Å². The van der Waals surface area contributed by atoms with Gasteiger partial charge in [0.25, 0.3) is 10.1 Å². The SMILES string of the molecule is O=[C]C(c1ccccc1Cl)S(=O)(=O)O. The molecule has 0 aromatic heterocycles. The van der Waals surface area contributed by atoms with E-state index in [4.69, 9.17) is 16.2 Å². The Morgan fingerprint density at radius 3 is 2.36 bits per heavy atom. The summed E-state index contributed by atoms with van der Waals surface area (Å²) >= 11 is 5.65. The molecule has 1 aromatic carbocycles. The molecular weight excluding hydrogens is 228 g/mol. The fourth-order valence-corrected chi connectivity index (χ4v) is 1.93. The third kappa shape index (κ3) is 2.31. The van der Waals surface area contributed by atoms with Crippen molar-refractivity contribution >= 4 is 28.0 Å². The van der Waals surface area contributed by atoms with E-state index >= 15 is 0 Å². The molecule has 75 valence electrons. The van der Waals surface area contributed by atoms with Crippen LogP contribution in [0.2, 0.25) is 5.02 Å². The highest BCUT2D eigenvalue weighted by atomic mass is 35.5. The zero-order valence-electron chi connectivity index (χ0n) is 6.84. The largest absolute Gasteiger partial charge is 0.289 e. The smallest absolute Gasteiger partial charge is 0.279 e. The highest BCUT2D eigenvalue weighted by molar-refractivity contribution is 7.86. The summed E-state index contributed by atoms with van der Waals surface area (Å²) in [6.45, 7) is 0. The van der Waals surface area contributed by atoms with Gasteiger partial charge in [-0.05, 0) is 11.6 Å². The van der Waals surface area contributed by atoms with Crippen LogP contribution in [0.3, 0.4) is 0 Å². The minimum Gasteiger partial charge on any atom is -0.289 e. The number of rotatable bonds is 3. The fraction of sp³-hybridized carbons (Fsp3) is 0.125. The van der Waals surface area contributed by atoms with Crippen LogP contribution in [0, 0.1) is 0 Å². The summed E-state index contributed by atoms with van der Waals surface area (Å²) < 4.78 is 30.2. The predicted molar refractivity (Wildman–Crippen MR) is 51.4 cm³/mol. The van der Waals surface area contributed by atoms with Crippen LogP contribution in [-0.2, 0) is 14.9 Å². The quantitative estimate of drug-likeness (QED) is 0.801. The van der Waals surface area contributed by atoms with Crippen LogP contribution in [0.4, 0.5) is 0 Å². The molecule has 0 saturated carbocycles. The molecule has 0 heterocycles. The lowest BCUT2D eigenvalue weighted by molar-refractivity contribution is 0.474. The van der Waals surface area contributed by atoms with Gasteiger partial charge in [-0.15, -0.1) is 0 Å². The summed E-state index contributed by atoms with van der Waals surface area (Å²) in [5.41, 5.74) is 0.0201. The second-order valence-corrected chi connectivity index (χ2v) is 4.44. The highest BCUT2D eigenvalue weighted by Crippen LogP contribution is 2.26. The minimum atomic E-state index is -4.50. The molecule has 1 rings (SSSR count). The standard InChI is InChI=1S/C8H6ClO4S/c9-7-4-2-1-3-6(7)8(5-10)14(11,12)13/h1-4,8H,(H,11,12,13). The first-order valence-electron chi connectivity index (χ1n) is 3.55. The number of carbonyl (C=O) groups excluding carboxylic acids is 1. The molecule has 1 aromatic rings. The minimum absolute atomic E-state index is 0.0201. The summed E-state index contributed by atoms with van der Waals surface area (Å²) in [7, 11) is -4.50. The van der Waals surface area contributed by atoms with Gasteiger partial charge in [-0.3, -0.25) is 9.35 Å². The van der Waals surface area contributed by atoms with E-state index in [1.807, 2.05) is 0 Å². The van der Waals surface area contributed by atoms with Crippen LogP contribution in [0.1, 0.15) is 10.8 Å². The molecule has 0 spiro atoms. The molecule has 4 nitrogen and oxygen atoms in total. The second-order valence-electron chi connectivity index (χ2n) is 2.53. The van der Waals surface area contributed by atoms with E-state index in [1.165, 1.54) is 24.5 Å². The molecular formula is C8H6ClO4S. The van der Waals surface area contributed by atoms with E-state index in [2.05, 4.69) is 0 Å². The van der Waals surface area contributed by atoms with Crippen molar-refractivity contribution in [2.75, 3.05) is 0 Å². The first-order valence-corrected chi connectivity index (χ1v) is 5.43. The van der Waals surface area contributed by atoms with Gasteiger partial charge in [0, 0.05) is 5.02 Å². The number of halogens is 1.